The van der Waals surface area contributed by atoms with Crippen molar-refractivity contribution in [3.05, 3.63) is 71.8 Å². The van der Waals surface area contributed by atoms with Gasteiger partial charge in [0.1, 0.15) is 0 Å². The van der Waals surface area contributed by atoms with Crippen molar-refractivity contribution in [1.29, 1.82) is 0 Å². The molecule has 3 heteroatoms. The molecular formula is C27H37NO2. The quantitative estimate of drug-likeness (QED) is 0.382. The average molecular weight is 408 g/mol. The summed E-state index contributed by atoms with van der Waals surface area (Å²) in [4.78, 5) is 15.1. The highest BCUT2D eigenvalue weighted by Gasteiger charge is 2.36. The summed E-state index contributed by atoms with van der Waals surface area (Å²) >= 11 is 0. The zero-order valence-corrected chi connectivity index (χ0v) is 18.6. The average Bonchev–Trinajstić information content (AvgIpc) is 3.62. The summed E-state index contributed by atoms with van der Waals surface area (Å²) in [6, 6.07) is 21.3. The van der Waals surface area contributed by atoms with Crippen LogP contribution in [0, 0.1) is 0 Å². The van der Waals surface area contributed by atoms with Crippen LogP contribution in [0.3, 0.4) is 0 Å². The second-order valence-corrected chi connectivity index (χ2v) is 8.65. The molecule has 1 amide bonds. The van der Waals surface area contributed by atoms with Crippen molar-refractivity contribution in [1.82, 2.24) is 4.90 Å². The molecule has 3 rings (SSSR count). The Bertz CT molecular complexity index is 742. The summed E-state index contributed by atoms with van der Waals surface area (Å²) in [5, 5.41) is 0. The van der Waals surface area contributed by atoms with Crippen LogP contribution in [0.5, 0.6) is 0 Å². The van der Waals surface area contributed by atoms with Crippen LogP contribution in [0.4, 0.5) is 0 Å². The normalized spacial score (nSPS) is 15.5. The third-order valence-electron chi connectivity index (χ3n) is 6.17. The van der Waals surface area contributed by atoms with Crippen LogP contribution in [0.2, 0.25) is 0 Å². The van der Waals surface area contributed by atoms with Crippen LogP contribution in [-0.2, 0) is 16.0 Å². The monoisotopic (exact) mass is 407 g/mol. The summed E-state index contributed by atoms with van der Waals surface area (Å²) < 4.78 is 6.16. The number of aryl methyl sites for hydroxylation is 1. The molecule has 1 fully saturated rings. The Balaban J connectivity index is 1.37. The molecule has 1 aliphatic rings. The number of hydrogen-bond acceptors (Lipinski definition) is 2. The third-order valence-corrected chi connectivity index (χ3v) is 6.17. The molecule has 0 saturated heterocycles. The number of carbonyl (C=O) groups excluding carboxylic acids is 1. The Labute approximate surface area is 182 Å². The molecule has 1 aliphatic carbocycles. The number of unbranched alkanes of at least 4 members (excludes halogenated alkanes) is 4. The second kappa shape index (κ2) is 11.9. The Hall–Kier alpha value is -2.13. The lowest BCUT2D eigenvalue weighted by molar-refractivity contribution is -0.135. The number of rotatable bonds is 13. The fraction of sp³-hybridized carbons (Fsp3) is 0.519. The highest BCUT2D eigenvalue weighted by molar-refractivity contribution is 5.84. The first kappa shape index (κ1) is 22.6. The van der Waals surface area contributed by atoms with E-state index in [2.05, 4.69) is 49.4 Å². The first-order chi connectivity index (χ1) is 14.7. The molecule has 30 heavy (non-hydrogen) atoms. The highest BCUT2D eigenvalue weighted by atomic mass is 16.5. The Morgan fingerprint density at radius 2 is 1.53 bits per heavy atom. The number of amides is 1. The van der Waals surface area contributed by atoms with Crippen LogP contribution < -0.4 is 0 Å². The number of hydrogen-bond donors (Lipinski definition) is 0. The van der Waals surface area contributed by atoms with E-state index in [-0.39, 0.29) is 17.9 Å². The lowest BCUT2D eigenvalue weighted by Gasteiger charge is -2.28. The standard InChI is InChI=1S/C27H37NO2/c1-22(30-21-13-5-3-4-8-14-23-15-9-6-10-16-23)26(24-17-11-7-12-18-24)27(29)28(2)25-19-20-25/h6-7,9-12,15-18,22,25-26H,3-5,8,13-14,19-21H2,1-2H3. The zero-order valence-electron chi connectivity index (χ0n) is 18.6. The molecule has 0 aromatic heterocycles. The summed E-state index contributed by atoms with van der Waals surface area (Å²) in [7, 11) is 1.94. The predicted octanol–water partition coefficient (Wildman–Crippen LogP) is 5.99. The van der Waals surface area contributed by atoms with Gasteiger partial charge in [-0.2, -0.15) is 0 Å². The van der Waals surface area contributed by atoms with Gasteiger partial charge < -0.3 is 9.64 Å². The van der Waals surface area contributed by atoms with Crippen LogP contribution in [0.25, 0.3) is 0 Å². The topological polar surface area (TPSA) is 29.5 Å². The van der Waals surface area contributed by atoms with Gasteiger partial charge in [-0.25, -0.2) is 0 Å². The molecule has 0 radical (unpaired) electrons. The van der Waals surface area contributed by atoms with Crippen LogP contribution >= 0.6 is 0 Å². The van der Waals surface area contributed by atoms with E-state index in [0.29, 0.717) is 6.04 Å². The van der Waals surface area contributed by atoms with Gasteiger partial charge in [-0.3, -0.25) is 4.79 Å². The van der Waals surface area contributed by atoms with Crippen molar-refractivity contribution >= 4 is 5.91 Å². The van der Waals surface area contributed by atoms with Crippen molar-refractivity contribution in [2.45, 2.75) is 76.4 Å². The number of carbonyl (C=O) groups is 1. The van der Waals surface area contributed by atoms with E-state index < -0.39 is 0 Å². The molecule has 0 heterocycles. The van der Waals surface area contributed by atoms with Crippen LogP contribution in [-0.4, -0.2) is 36.6 Å². The summed E-state index contributed by atoms with van der Waals surface area (Å²) in [5.41, 5.74) is 2.49. The second-order valence-electron chi connectivity index (χ2n) is 8.65. The van der Waals surface area contributed by atoms with Gasteiger partial charge in [0.25, 0.3) is 0 Å². The van der Waals surface area contributed by atoms with Crippen LogP contribution in [0.1, 0.15) is 68.9 Å². The Kier molecular flexibility index (Phi) is 8.95. The molecule has 162 valence electrons. The summed E-state index contributed by atoms with van der Waals surface area (Å²) in [6.07, 6.45) is 9.32. The molecule has 0 spiro atoms. The number of likely N-dealkylation sites (N-methyl/N-ethyl adjacent to an activating group) is 1. The van der Waals surface area contributed by atoms with E-state index in [0.717, 1.165) is 31.4 Å². The smallest absolute Gasteiger partial charge is 0.232 e. The summed E-state index contributed by atoms with van der Waals surface area (Å²) in [6.45, 7) is 2.78. The molecule has 2 atom stereocenters. The molecule has 2 aromatic rings. The number of benzene rings is 2. The number of ether oxygens (including phenoxy) is 1. The highest BCUT2D eigenvalue weighted by Crippen LogP contribution is 2.31. The van der Waals surface area contributed by atoms with Crippen molar-refractivity contribution < 1.29 is 9.53 Å². The van der Waals surface area contributed by atoms with Gasteiger partial charge in [0, 0.05) is 19.7 Å². The van der Waals surface area contributed by atoms with Crippen molar-refractivity contribution in [2.24, 2.45) is 0 Å². The van der Waals surface area contributed by atoms with Gasteiger partial charge in [-0.1, -0.05) is 79.9 Å². The van der Waals surface area contributed by atoms with Crippen molar-refractivity contribution in [3.8, 4) is 0 Å². The molecule has 0 aliphatic heterocycles. The largest absolute Gasteiger partial charge is 0.377 e. The van der Waals surface area contributed by atoms with Gasteiger partial charge in [0.2, 0.25) is 5.91 Å². The Morgan fingerprint density at radius 3 is 2.20 bits per heavy atom. The van der Waals surface area contributed by atoms with E-state index >= 15 is 0 Å². The fourth-order valence-corrected chi connectivity index (χ4v) is 4.11. The first-order valence-corrected chi connectivity index (χ1v) is 11.6. The third kappa shape index (κ3) is 6.98. The van der Waals surface area contributed by atoms with Gasteiger partial charge in [0.05, 0.1) is 12.0 Å². The van der Waals surface area contributed by atoms with Crippen molar-refractivity contribution in [2.75, 3.05) is 13.7 Å². The van der Waals surface area contributed by atoms with E-state index in [9.17, 15) is 4.79 Å². The van der Waals surface area contributed by atoms with Gasteiger partial charge in [-0.15, -0.1) is 0 Å². The van der Waals surface area contributed by atoms with E-state index in [4.69, 9.17) is 4.74 Å². The molecule has 3 nitrogen and oxygen atoms in total. The van der Waals surface area contributed by atoms with Gasteiger partial charge >= 0.3 is 0 Å². The molecule has 2 aromatic carbocycles. The van der Waals surface area contributed by atoms with E-state index in [1.165, 1.54) is 37.7 Å². The summed E-state index contributed by atoms with van der Waals surface area (Å²) in [5.74, 6) is -0.0280. The van der Waals surface area contributed by atoms with Gasteiger partial charge in [-0.05, 0) is 50.2 Å². The zero-order chi connectivity index (χ0) is 21.2. The maximum atomic E-state index is 13.1. The van der Waals surface area contributed by atoms with E-state index in [1.54, 1.807) is 0 Å². The predicted molar refractivity (Wildman–Crippen MR) is 124 cm³/mol. The minimum absolute atomic E-state index is 0.112. The lowest BCUT2D eigenvalue weighted by Crippen LogP contribution is -2.38. The number of nitrogens with zero attached hydrogens (tertiary/aromatic N) is 1. The maximum absolute atomic E-state index is 13.1. The molecule has 2 unspecified atom stereocenters. The Morgan fingerprint density at radius 1 is 0.933 bits per heavy atom. The lowest BCUT2D eigenvalue weighted by atomic mass is 9.92. The molecule has 0 N–H and O–H groups in total. The first-order valence-electron chi connectivity index (χ1n) is 11.6. The van der Waals surface area contributed by atoms with Gasteiger partial charge in [0.15, 0.2) is 0 Å². The molecule has 0 bridgehead atoms. The molecule has 1 saturated carbocycles. The molecular weight excluding hydrogens is 370 g/mol. The van der Waals surface area contributed by atoms with Crippen LogP contribution in [0.15, 0.2) is 60.7 Å². The van der Waals surface area contributed by atoms with E-state index in [1.807, 2.05) is 30.1 Å². The minimum Gasteiger partial charge on any atom is -0.377 e. The van der Waals surface area contributed by atoms with Crippen molar-refractivity contribution in [3.63, 3.8) is 0 Å². The minimum atomic E-state index is -0.220. The SMILES string of the molecule is CC(OCCCCCCCc1ccccc1)C(C(=O)N(C)C1CC1)c1ccccc1. The maximum Gasteiger partial charge on any atom is 0.232 e. The fourth-order valence-electron chi connectivity index (χ4n) is 4.11.